The number of hydrogen-bond donors (Lipinski definition) is 1. The number of nitriles is 1. The molecule has 0 atom stereocenters. The lowest BCUT2D eigenvalue weighted by atomic mass is 10.0. The van der Waals surface area contributed by atoms with Crippen molar-refractivity contribution in [3.63, 3.8) is 0 Å². The summed E-state index contributed by atoms with van der Waals surface area (Å²) in [4.78, 5) is 23.9. The van der Waals surface area contributed by atoms with Crippen LogP contribution in [0.1, 0.15) is 21.5 Å². The largest absolute Gasteiger partial charge is 0.425 e. The number of esters is 1. The first-order valence-corrected chi connectivity index (χ1v) is 9.44. The Hall–Kier alpha value is -3.88. The number of nitrogens with one attached hydrogen (secondary N) is 1. The third kappa shape index (κ3) is 5.81. The van der Waals surface area contributed by atoms with Gasteiger partial charge in [-0.25, -0.2) is 4.79 Å². The van der Waals surface area contributed by atoms with Gasteiger partial charge in [-0.1, -0.05) is 54.1 Å². The second-order valence-electron chi connectivity index (χ2n) is 6.27. The van der Waals surface area contributed by atoms with E-state index >= 15 is 0 Å². The Morgan fingerprint density at radius 3 is 2.23 bits per heavy atom. The van der Waals surface area contributed by atoms with Crippen LogP contribution in [0.2, 0.25) is 5.02 Å². The molecule has 6 heteroatoms. The standard InChI is InChI=1S/C24H17ClN2O3/c25-21-10-8-18(9-11-21)20(15-26)14-17-6-12-22(13-7-17)30-23(28)16-27-24(29)19-4-2-1-3-5-19/h1-14H,16H2,(H,27,29)/b20-14-. The second-order valence-corrected chi connectivity index (χ2v) is 6.70. The number of benzene rings is 3. The van der Waals surface area contributed by atoms with Crippen LogP contribution in [-0.2, 0) is 4.79 Å². The predicted molar refractivity (Wildman–Crippen MR) is 116 cm³/mol. The fourth-order valence-corrected chi connectivity index (χ4v) is 2.75. The lowest BCUT2D eigenvalue weighted by Gasteiger charge is -2.07. The molecule has 0 spiro atoms. The van der Waals surface area contributed by atoms with Crippen LogP contribution in [0.4, 0.5) is 0 Å². The Balaban J connectivity index is 1.58. The van der Waals surface area contributed by atoms with Gasteiger partial charge in [0.15, 0.2) is 0 Å². The van der Waals surface area contributed by atoms with Crippen molar-refractivity contribution in [2.45, 2.75) is 0 Å². The van der Waals surface area contributed by atoms with Crippen molar-refractivity contribution in [2.75, 3.05) is 6.54 Å². The molecule has 3 aromatic rings. The molecule has 0 bridgehead atoms. The minimum atomic E-state index is -0.582. The van der Waals surface area contributed by atoms with Gasteiger partial charge in [0.2, 0.25) is 0 Å². The zero-order valence-electron chi connectivity index (χ0n) is 15.8. The summed E-state index contributed by atoms with van der Waals surface area (Å²) in [6, 6.07) is 24.5. The third-order valence-corrected chi connectivity index (χ3v) is 4.38. The summed E-state index contributed by atoms with van der Waals surface area (Å²) < 4.78 is 5.23. The normalized spacial score (nSPS) is 10.7. The summed E-state index contributed by atoms with van der Waals surface area (Å²) in [7, 11) is 0. The van der Waals surface area contributed by atoms with Gasteiger partial charge in [0, 0.05) is 10.6 Å². The summed E-state index contributed by atoms with van der Waals surface area (Å²) in [6.07, 6.45) is 1.73. The highest BCUT2D eigenvalue weighted by Gasteiger charge is 2.09. The number of ether oxygens (including phenoxy) is 1. The van der Waals surface area contributed by atoms with E-state index in [0.717, 1.165) is 11.1 Å². The minimum Gasteiger partial charge on any atom is -0.425 e. The van der Waals surface area contributed by atoms with Gasteiger partial charge >= 0.3 is 5.97 Å². The number of halogens is 1. The van der Waals surface area contributed by atoms with Gasteiger partial charge in [0.05, 0.1) is 11.6 Å². The molecule has 3 rings (SSSR count). The van der Waals surface area contributed by atoms with E-state index in [2.05, 4.69) is 11.4 Å². The molecule has 0 aliphatic heterocycles. The summed E-state index contributed by atoms with van der Waals surface area (Å²) in [5.41, 5.74) is 2.49. The molecule has 1 N–H and O–H groups in total. The van der Waals surface area contributed by atoms with Crippen molar-refractivity contribution in [3.05, 3.63) is 101 Å². The van der Waals surface area contributed by atoms with Crippen molar-refractivity contribution >= 4 is 35.1 Å². The van der Waals surface area contributed by atoms with Gasteiger partial charge in [-0.2, -0.15) is 5.26 Å². The predicted octanol–water partition coefficient (Wildman–Crippen LogP) is 4.74. The Bertz CT molecular complexity index is 1100. The molecule has 5 nitrogen and oxygen atoms in total. The molecule has 0 fully saturated rings. The zero-order chi connectivity index (χ0) is 21.3. The van der Waals surface area contributed by atoms with E-state index in [4.69, 9.17) is 16.3 Å². The fraction of sp³-hybridized carbons (Fsp3) is 0.0417. The first-order valence-electron chi connectivity index (χ1n) is 9.07. The highest BCUT2D eigenvalue weighted by Crippen LogP contribution is 2.21. The van der Waals surface area contributed by atoms with E-state index in [1.54, 1.807) is 84.9 Å². The van der Waals surface area contributed by atoms with Crippen LogP contribution in [-0.4, -0.2) is 18.4 Å². The molecule has 1 amide bonds. The van der Waals surface area contributed by atoms with Crippen LogP contribution < -0.4 is 10.1 Å². The molecule has 0 unspecified atom stereocenters. The SMILES string of the molecule is N#C/C(=C/c1ccc(OC(=O)CNC(=O)c2ccccc2)cc1)c1ccc(Cl)cc1. The number of amides is 1. The minimum absolute atomic E-state index is 0.246. The molecule has 148 valence electrons. The molecule has 0 radical (unpaired) electrons. The molecular weight excluding hydrogens is 400 g/mol. The Labute approximate surface area is 179 Å². The summed E-state index contributed by atoms with van der Waals surface area (Å²) in [5.74, 6) is -0.586. The van der Waals surface area contributed by atoms with Crippen LogP contribution >= 0.6 is 11.6 Å². The summed E-state index contributed by atoms with van der Waals surface area (Å²) in [6.45, 7) is -0.246. The first-order chi connectivity index (χ1) is 14.5. The Kier molecular flexibility index (Phi) is 6.99. The van der Waals surface area contributed by atoms with E-state index in [1.807, 2.05) is 0 Å². The van der Waals surface area contributed by atoms with Crippen molar-refractivity contribution < 1.29 is 14.3 Å². The lowest BCUT2D eigenvalue weighted by Crippen LogP contribution is -2.31. The number of carbonyl (C=O) groups excluding carboxylic acids is 2. The fourth-order valence-electron chi connectivity index (χ4n) is 2.62. The average Bonchev–Trinajstić information content (AvgIpc) is 2.78. The van der Waals surface area contributed by atoms with Crippen LogP contribution in [0.15, 0.2) is 78.9 Å². The van der Waals surface area contributed by atoms with E-state index in [9.17, 15) is 14.9 Å². The maximum atomic E-state index is 12.0. The molecule has 0 heterocycles. The monoisotopic (exact) mass is 416 g/mol. The van der Waals surface area contributed by atoms with Gasteiger partial charge in [-0.3, -0.25) is 4.79 Å². The number of allylic oxidation sites excluding steroid dienone is 1. The maximum absolute atomic E-state index is 12.0. The topological polar surface area (TPSA) is 79.2 Å². The number of carbonyl (C=O) groups is 2. The van der Waals surface area contributed by atoms with E-state index in [-0.39, 0.29) is 12.5 Å². The maximum Gasteiger partial charge on any atom is 0.330 e. The average molecular weight is 417 g/mol. The van der Waals surface area contributed by atoms with Gasteiger partial charge in [0.25, 0.3) is 5.91 Å². The van der Waals surface area contributed by atoms with Crippen LogP contribution in [0.25, 0.3) is 11.6 Å². The van der Waals surface area contributed by atoms with Gasteiger partial charge in [0.1, 0.15) is 12.3 Å². The van der Waals surface area contributed by atoms with Gasteiger partial charge in [-0.15, -0.1) is 0 Å². The lowest BCUT2D eigenvalue weighted by molar-refractivity contribution is -0.133. The van der Waals surface area contributed by atoms with Crippen LogP contribution in [0, 0.1) is 11.3 Å². The smallest absolute Gasteiger partial charge is 0.330 e. The van der Waals surface area contributed by atoms with Crippen molar-refractivity contribution in [1.82, 2.24) is 5.32 Å². The number of hydrogen-bond acceptors (Lipinski definition) is 4. The van der Waals surface area contributed by atoms with Crippen molar-refractivity contribution in [2.24, 2.45) is 0 Å². The molecule has 3 aromatic carbocycles. The van der Waals surface area contributed by atoms with Gasteiger partial charge < -0.3 is 10.1 Å². The van der Waals surface area contributed by atoms with E-state index in [1.165, 1.54) is 0 Å². The van der Waals surface area contributed by atoms with Crippen molar-refractivity contribution in [1.29, 1.82) is 5.26 Å². The van der Waals surface area contributed by atoms with E-state index in [0.29, 0.717) is 21.9 Å². The molecule has 0 aromatic heterocycles. The molecule has 0 saturated carbocycles. The van der Waals surface area contributed by atoms with Crippen LogP contribution in [0.5, 0.6) is 5.75 Å². The summed E-state index contributed by atoms with van der Waals surface area (Å²) in [5, 5.41) is 12.5. The zero-order valence-corrected chi connectivity index (χ0v) is 16.6. The molecule has 0 aliphatic rings. The molecular formula is C24H17ClN2O3. The highest BCUT2D eigenvalue weighted by atomic mass is 35.5. The highest BCUT2D eigenvalue weighted by molar-refractivity contribution is 6.30. The second kappa shape index (κ2) is 10.1. The number of nitrogens with zero attached hydrogens (tertiary/aromatic N) is 1. The molecule has 0 aliphatic carbocycles. The third-order valence-electron chi connectivity index (χ3n) is 4.13. The number of rotatable bonds is 6. The van der Waals surface area contributed by atoms with Gasteiger partial charge in [-0.05, 0) is 53.6 Å². The quantitative estimate of drug-likeness (QED) is 0.272. The van der Waals surface area contributed by atoms with Crippen molar-refractivity contribution in [3.8, 4) is 11.8 Å². The van der Waals surface area contributed by atoms with E-state index < -0.39 is 5.97 Å². The Morgan fingerprint density at radius 2 is 1.60 bits per heavy atom. The van der Waals surface area contributed by atoms with Crippen LogP contribution in [0.3, 0.4) is 0 Å². The molecule has 30 heavy (non-hydrogen) atoms. The molecule has 0 saturated heterocycles. The summed E-state index contributed by atoms with van der Waals surface area (Å²) >= 11 is 5.88. The first kappa shape index (κ1) is 20.8. The Morgan fingerprint density at radius 1 is 0.933 bits per heavy atom.